The second-order valence-electron chi connectivity index (χ2n) is 5.17. The minimum Gasteiger partial charge on any atom is -0.497 e. The Morgan fingerprint density at radius 2 is 1.91 bits per heavy atom. The van der Waals surface area contributed by atoms with E-state index in [2.05, 4.69) is 0 Å². The maximum absolute atomic E-state index is 11.8. The number of carboxylic acid groups (broad SMARTS) is 1. The molecule has 2 N–H and O–H groups in total. The van der Waals surface area contributed by atoms with Crippen LogP contribution in [0.2, 0.25) is 0 Å². The van der Waals surface area contributed by atoms with Gasteiger partial charge >= 0.3 is 5.97 Å². The van der Waals surface area contributed by atoms with Crippen LogP contribution in [0.4, 0.5) is 0 Å². The predicted octanol–water partition coefficient (Wildman–Crippen LogP) is 0.404. The van der Waals surface area contributed by atoms with Gasteiger partial charge in [-0.3, -0.25) is 14.3 Å². The Labute approximate surface area is 128 Å². The molecule has 0 spiro atoms. The number of ether oxygens (including phenoxy) is 1. The summed E-state index contributed by atoms with van der Waals surface area (Å²) in [7, 11) is -2.23. The molecule has 1 aliphatic rings. The fourth-order valence-electron chi connectivity index (χ4n) is 2.08. The number of rotatable bonds is 7. The molecule has 0 saturated heterocycles. The molecule has 8 heteroatoms. The number of aryl methyl sites for hydroxylation is 1. The van der Waals surface area contributed by atoms with Gasteiger partial charge in [-0.25, -0.2) is 8.42 Å². The molecule has 1 saturated carbocycles. The number of carbonyl (C=O) groups is 2. The average Bonchev–Trinajstić information content (AvgIpc) is 3.26. The van der Waals surface area contributed by atoms with Gasteiger partial charge in [-0.15, -0.1) is 0 Å². The number of hydrogen-bond acceptors (Lipinski definition) is 5. The normalized spacial score (nSPS) is 20.2. The molecule has 0 aromatic heterocycles. The van der Waals surface area contributed by atoms with Crippen LogP contribution in [0.1, 0.15) is 12.0 Å². The molecule has 2 rings (SSSR count). The molecule has 7 nitrogen and oxygen atoms in total. The van der Waals surface area contributed by atoms with Crippen molar-refractivity contribution in [1.29, 1.82) is 0 Å². The highest BCUT2D eigenvalue weighted by Crippen LogP contribution is 2.38. The van der Waals surface area contributed by atoms with Crippen LogP contribution in [0, 0.1) is 11.8 Å². The maximum Gasteiger partial charge on any atom is 0.307 e. The predicted molar refractivity (Wildman–Crippen MR) is 77.9 cm³/mol. The van der Waals surface area contributed by atoms with Crippen LogP contribution in [0.3, 0.4) is 0 Å². The molecule has 1 amide bonds. The first kappa shape index (κ1) is 16.3. The molecule has 0 unspecified atom stereocenters. The van der Waals surface area contributed by atoms with E-state index < -0.39 is 33.7 Å². The molecule has 0 aliphatic heterocycles. The second kappa shape index (κ2) is 6.35. The number of nitrogens with one attached hydrogen (secondary N) is 1. The Balaban J connectivity index is 1.85. The Hall–Kier alpha value is -2.09. The number of carbonyl (C=O) groups excluding carboxylic acids is 1. The third kappa shape index (κ3) is 4.20. The van der Waals surface area contributed by atoms with Crippen molar-refractivity contribution < 1.29 is 27.9 Å². The van der Waals surface area contributed by atoms with Gasteiger partial charge in [0.1, 0.15) is 5.75 Å². The van der Waals surface area contributed by atoms with Crippen LogP contribution < -0.4 is 9.46 Å². The van der Waals surface area contributed by atoms with Gasteiger partial charge in [0, 0.05) is 0 Å². The highest BCUT2D eigenvalue weighted by molar-refractivity contribution is 7.90. The Morgan fingerprint density at radius 3 is 2.41 bits per heavy atom. The smallest absolute Gasteiger partial charge is 0.307 e. The molecule has 2 atom stereocenters. The fourth-order valence-corrected chi connectivity index (χ4v) is 3.15. The maximum atomic E-state index is 11.8. The molecule has 0 bridgehead atoms. The first-order valence-corrected chi connectivity index (χ1v) is 8.37. The Kier molecular flexibility index (Phi) is 4.70. The summed E-state index contributed by atoms with van der Waals surface area (Å²) in [4.78, 5) is 22.3. The monoisotopic (exact) mass is 327 g/mol. The molecular weight excluding hydrogens is 310 g/mol. The van der Waals surface area contributed by atoms with E-state index in [-0.39, 0.29) is 18.6 Å². The standard InChI is InChI=1S/C14H17NO6S/c1-21-10-4-2-9(3-5-10)6-7-22(19,20)15-13(16)11-8-12(11)14(17)18/h2-5,11-12H,6-8H2,1H3,(H,15,16)(H,17,18)/t11-,12-/m1/s1. The highest BCUT2D eigenvalue weighted by Gasteiger charge is 2.49. The number of benzene rings is 1. The van der Waals surface area contributed by atoms with Gasteiger partial charge in [0.25, 0.3) is 0 Å². The van der Waals surface area contributed by atoms with E-state index in [1.165, 1.54) is 7.11 Å². The zero-order chi connectivity index (χ0) is 16.3. The van der Waals surface area contributed by atoms with E-state index in [0.717, 1.165) is 5.56 Å². The number of aliphatic carboxylic acids is 1. The van der Waals surface area contributed by atoms with Gasteiger partial charge in [-0.2, -0.15) is 0 Å². The summed E-state index contributed by atoms with van der Waals surface area (Å²) in [5.41, 5.74) is 0.799. The second-order valence-corrected chi connectivity index (χ2v) is 7.01. The topological polar surface area (TPSA) is 110 Å². The number of methoxy groups -OCH3 is 1. The van der Waals surface area contributed by atoms with Gasteiger partial charge < -0.3 is 9.84 Å². The fraction of sp³-hybridized carbons (Fsp3) is 0.429. The van der Waals surface area contributed by atoms with Crippen molar-refractivity contribution >= 4 is 21.9 Å². The first-order chi connectivity index (χ1) is 10.3. The van der Waals surface area contributed by atoms with Crippen LogP contribution in [0.15, 0.2) is 24.3 Å². The van der Waals surface area contributed by atoms with Crippen LogP contribution in [-0.2, 0) is 26.0 Å². The van der Waals surface area contributed by atoms with Crippen molar-refractivity contribution in [3.8, 4) is 5.75 Å². The number of carboxylic acids is 1. The van der Waals surface area contributed by atoms with Crippen molar-refractivity contribution in [3.05, 3.63) is 29.8 Å². The summed E-state index contributed by atoms with van der Waals surface area (Å²) >= 11 is 0. The van der Waals surface area contributed by atoms with Crippen molar-refractivity contribution in [2.75, 3.05) is 12.9 Å². The summed E-state index contributed by atoms with van der Waals surface area (Å²) in [5.74, 6) is -2.88. The molecule has 0 radical (unpaired) electrons. The largest absolute Gasteiger partial charge is 0.497 e. The summed E-state index contributed by atoms with van der Waals surface area (Å²) < 4.78 is 30.6. The van der Waals surface area contributed by atoms with Crippen LogP contribution >= 0.6 is 0 Å². The number of amides is 1. The summed E-state index contributed by atoms with van der Waals surface area (Å²) in [5, 5.41) is 8.73. The van der Waals surface area contributed by atoms with Crippen molar-refractivity contribution in [2.45, 2.75) is 12.8 Å². The van der Waals surface area contributed by atoms with E-state index in [9.17, 15) is 18.0 Å². The lowest BCUT2D eigenvalue weighted by Gasteiger charge is -2.07. The lowest BCUT2D eigenvalue weighted by molar-refractivity contribution is -0.140. The van der Waals surface area contributed by atoms with Gasteiger partial charge in [-0.05, 0) is 30.5 Å². The van der Waals surface area contributed by atoms with E-state index in [1.807, 2.05) is 4.72 Å². The quantitative estimate of drug-likeness (QED) is 0.750. The third-order valence-electron chi connectivity index (χ3n) is 3.52. The average molecular weight is 327 g/mol. The Bertz CT molecular complexity index is 667. The van der Waals surface area contributed by atoms with E-state index >= 15 is 0 Å². The number of hydrogen-bond donors (Lipinski definition) is 2. The molecule has 1 aromatic carbocycles. The molecule has 1 aliphatic carbocycles. The summed E-state index contributed by atoms with van der Waals surface area (Å²) in [6, 6.07) is 6.94. The lowest BCUT2D eigenvalue weighted by atomic mass is 10.2. The molecule has 22 heavy (non-hydrogen) atoms. The highest BCUT2D eigenvalue weighted by atomic mass is 32.2. The van der Waals surface area contributed by atoms with E-state index in [0.29, 0.717) is 5.75 Å². The van der Waals surface area contributed by atoms with E-state index in [1.54, 1.807) is 24.3 Å². The van der Waals surface area contributed by atoms with Crippen molar-refractivity contribution in [3.63, 3.8) is 0 Å². The minimum atomic E-state index is -3.77. The van der Waals surface area contributed by atoms with Crippen molar-refractivity contribution in [2.24, 2.45) is 11.8 Å². The third-order valence-corrected chi connectivity index (χ3v) is 4.77. The van der Waals surface area contributed by atoms with Crippen molar-refractivity contribution in [1.82, 2.24) is 4.72 Å². The van der Waals surface area contributed by atoms with Crippen LogP contribution in [-0.4, -0.2) is 38.3 Å². The minimum absolute atomic E-state index is 0.190. The molecule has 0 heterocycles. The molecule has 1 fully saturated rings. The molecule has 1 aromatic rings. The first-order valence-electron chi connectivity index (χ1n) is 6.72. The molecule has 120 valence electrons. The SMILES string of the molecule is COc1ccc(CCS(=O)(=O)NC(=O)[C@@H]2C[C@H]2C(=O)O)cc1. The zero-order valence-corrected chi connectivity index (χ0v) is 12.8. The summed E-state index contributed by atoms with van der Waals surface area (Å²) in [6.07, 6.45) is 0.439. The van der Waals surface area contributed by atoms with Crippen LogP contribution in [0.25, 0.3) is 0 Å². The summed E-state index contributed by atoms with van der Waals surface area (Å²) in [6.45, 7) is 0. The van der Waals surface area contributed by atoms with Gasteiger partial charge in [0.15, 0.2) is 0 Å². The van der Waals surface area contributed by atoms with E-state index in [4.69, 9.17) is 9.84 Å². The van der Waals surface area contributed by atoms with Gasteiger partial charge in [-0.1, -0.05) is 12.1 Å². The lowest BCUT2D eigenvalue weighted by Crippen LogP contribution is -2.34. The Morgan fingerprint density at radius 1 is 1.27 bits per heavy atom. The van der Waals surface area contributed by atoms with Gasteiger partial charge in [0.05, 0.1) is 24.7 Å². The number of sulfonamides is 1. The zero-order valence-electron chi connectivity index (χ0n) is 12.0. The molecular formula is C14H17NO6S. The van der Waals surface area contributed by atoms with Crippen LogP contribution in [0.5, 0.6) is 5.75 Å². The van der Waals surface area contributed by atoms with Gasteiger partial charge in [0.2, 0.25) is 15.9 Å².